The summed E-state index contributed by atoms with van der Waals surface area (Å²) in [5.41, 5.74) is 0. The number of hydrogen-bond acceptors (Lipinski definition) is 4. The molecule has 2 unspecified atom stereocenters. The zero-order valence-corrected chi connectivity index (χ0v) is 11.3. The first-order valence-corrected chi connectivity index (χ1v) is 6.27. The van der Waals surface area contributed by atoms with Gasteiger partial charge in [0, 0.05) is 0 Å². The van der Waals surface area contributed by atoms with Gasteiger partial charge >= 0.3 is 0 Å². The molecule has 0 spiro atoms. The van der Waals surface area contributed by atoms with Gasteiger partial charge in [0.05, 0.1) is 0 Å². The molecule has 6 nitrogen and oxygen atoms in total. The smallest absolute Gasteiger partial charge is 0.268 e. The summed E-state index contributed by atoms with van der Waals surface area (Å²) in [6.45, 7) is 7.43. The van der Waals surface area contributed by atoms with E-state index in [4.69, 9.17) is 0 Å². The highest BCUT2D eigenvalue weighted by Gasteiger charge is 2.42. The largest absolute Gasteiger partial charge is 0.756 e. The Kier molecular flexibility index (Phi) is 4.70. The molecular formula is C12H21N2O4-. The second-order valence-corrected chi connectivity index (χ2v) is 5.64. The van der Waals surface area contributed by atoms with Gasteiger partial charge in [0.2, 0.25) is 5.91 Å². The molecular weight excluding hydrogens is 236 g/mol. The Morgan fingerprint density at radius 2 is 1.50 bits per heavy atom. The molecule has 6 heteroatoms. The third-order valence-corrected chi connectivity index (χ3v) is 2.98. The molecule has 0 aromatic heterocycles. The molecule has 18 heavy (non-hydrogen) atoms. The van der Waals surface area contributed by atoms with E-state index in [1.807, 2.05) is 27.7 Å². The van der Waals surface area contributed by atoms with E-state index in [0.29, 0.717) is 5.06 Å². The molecule has 0 aromatic rings. The summed E-state index contributed by atoms with van der Waals surface area (Å²) >= 11 is 0. The Hall–Kier alpha value is -1.14. The summed E-state index contributed by atoms with van der Waals surface area (Å²) in [7, 11) is 0. The average molecular weight is 257 g/mol. The molecule has 0 bridgehead atoms. The van der Waals surface area contributed by atoms with E-state index in [1.165, 1.54) is 0 Å². The molecule has 1 aliphatic heterocycles. The fourth-order valence-electron chi connectivity index (χ4n) is 2.10. The van der Waals surface area contributed by atoms with Gasteiger partial charge in [-0.2, -0.15) is 0 Å². The number of piperazine rings is 1. The molecule has 0 aliphatic carbocycles. The SMILES string of the molecule is CC(C)CC1C(=O)N(O)C(CC(C)C)C(=O)N1[O-]. The van der Waals surface area contributed by atoms with E-state index in [0.717, 1.165) is 0 Å². The molecule has 1 saturated heterocycles. The van der Waals surface area contributed by atoms with Crippen LogP contribution in [0.25, 0.3) is 0 Å². The highest BCUT2D eigenvalue weighted by molar-refractivity contribution is 5.96. The second-order valence-electron chi connectivity index (χ2n) is 5.64. The molecule has 0 radical (unpaired) electrons. The number of carbonyl (C=O) groups is 2. The fraction of sp³-hybridized carbons (Fsp3) is 0.833. The van der Waals surface area contributed by atoms with Crippen LogP contribution in [0.2, 0.25) is 0 Å². The highest BCUT2D eigenvalue weighted by atomic mass is 16.5. The van der Waals surface area contributed by atoms with Gasteiger partial charge in [-0.3, -0.25) is 14.8 Å². The minimum Gasteiger partial charge on any atom is -0.756 e. The maximum atomic E-state index is 11.9. The molecule has 1 aliphatic rings. The van der Waals surface area contributed by atoms with Crippen LogP contribution in [0.1, 0.15) is 40.5 Å². The van der Waals surface area contributed by atoms with Crippen LogP contribution in [-0.2, 0) is 9.59 Å². The predicted molar refractivity (Wildman–Crippen MR) is 65.3 cm³/mol. The van der Waals surface area contributed by atoms with Crippen molar-refractivity contribution in [2.75, 3.05) is 0 Å². The zero-order valence-electron chi connectivity index (χ0n) is 11.3. The van der Waals surface area contributed by atoms with Gasteiger partial charge in [0.15, 0.2) is 0 Å². The lowest BCUT2D eigenvalue weighted by atomic mass is 9.95. The Morgan fingerprint density at radius 3 is 1.94 bits per heavy atom. The van der Waals surface area contributed by atoms with Crippen LogP contribution >= 0.6 is 0 Å². The Bertz CT molecular complexity index is 298. The van der Waals surface area contributed by atoms with Gasteiger partial charge in [-0.1, -0.05) is 27.7 Å². The van der Waals surface area contributed by atoms with Crippen LogP contribution < -0.4 is 0 Å². The first kappa shape index (κ1) is 14.9. The standard InChI is InChI=1S/C12H21N2O4/c1-7(2)5-9-11(15)14(18)10(6-8(3)4)12(16)13(9)17/h7-10,17H,5-6H2,1-4H3/q-1. The van der Waals surface area contributed by atoms with E-state index < -0.39 is 23.9 Å². The summed E-state index contributed by atoms with van der Waals surface area (Å²) in [5.74, 6) is -1.20. The van der Waals surface area contributed by atoms with Crippen molar-refractivity contribution in [2.24, 2.45) is 11.8 Å². The Morgan fingerprint density at radius 1 is 1.06 bits per heavy atom. The number of carbonyl (C=O) groups excluding carboxylic acids is 2. The molecule has 0 saturated carbocycles. The summed E-state index contributed by atoms with van der Waals surface area (Å²) in [4.78, 5) is 23.8. The van der Waals surface area contributed by atoms with E-state index in [-0.39, 0.29) is 29.7 Å². The number of rotatable bonds is 4. The quantitative estimate of drug-likeness (QED) is 0.771. The van der Waals surface area contributed by atoms with Crippen molar-refractivity contribution in [3.63, 3.8) is 0 Å². The predicted octanol–water partition coefficient (Wildman–Crippen LogP) is 1.37. The van der Waals surface area contributed by atoms with Crippen LogP contribution in [0.15, 0.2) is 0 Å². The Labute approximate surface area is 107 Å². The Balaban J connectivity index is 2.88. The lowest BCUT2D eigenvalue weighted by Crippen LogP contribution is -2.62. The second kappa shape index (κ2) is 5.67. The van der Waals surface area contributed by atoms with Gasteiger partial charge in [-0.05, 0) is 24.7 Å². The third kappa shape index (κ3) is 3.00. The minimum absolute atomic E-state index is 0.0956. The lowest BCUT2D eigenvalue weighted by molar-refractivity contribution is -0.199. The van der Waals surface area contributed by atoms with Crippen LogP contribution in [-0.4, -0.2) is 39.2 Å². The first-order valence-electron chi connectivity index (χ1n) is 6.27. The van der Waals surface area contributed by atoms with Crippen LogP contribution in [0, 0.1) is 17.0 Å². The summed E-state index contributed by atoms with van der Waals surface area (Å²) in [6.07, 6.45) is 0.549. The minimum atomic E-state index is -1.09. The average Bonchev–Trinajstić information content (AvgIpc) is 2.27. The molecule has 1 fully saturated rings. The van der Waals surface area contributed by atoms with E-state index >= 15 is 0 Å². The number of amides is 2. The molecule has 2 atom stereocenters. The maximum Gasteiger partial charge on any atom is 0.268 e. The number of hydrogen-bond donors (Lipinski definition) is 1. The van der Waals surface area contributed by atoms with E-state index in [2.05, 4.69) is 0 Å². The summed E-state index contributed by atoms with van der Waals surface area (Å²) in [5, 5.41) is 22.3. The monoisotopic (exact) mass is 257 g/mol. The molecule has 1 rings (SSSR count). The topological polar surface area (TPSA) is 83.9 Å². The molecule has 2 amide bonds. The van der Waals surface area contributed by atoms with Crippen molar-refractivity contribution in [3.05, 3.63) is 5.21 Å². The molecule has 1 N–H and O–H groups in total. The van der Waals surface area contributed by atoms with Crippen molar-refractivity contribution >= 4 is 11.8 Å². The van der Waals surface area contributed by atoms with Crippen molar-refractivity contribution in [3.8, 4) is 0 Å². The van der Waals surface area contributed by atoms with E-state index in [1.54, 1.807) is 0 Å². The van der Waals surface area contributed by atoms with Crippen molar-refractivity contribution in [1.82, 2.24) is 10.1 Å². The summed E-state index contributed by atoms with van der Waals surface area (Å²) in [6, 6.07) is -2.13. The number of hydroxylamine groups is 4. The molecule has 104 valence electrons. The van der Waals surface area contributed by atoms with Crippen LogP contribution in [0.4, 0.5) is 0 Å². The van der Waals surface area contributed by atoms with Crippen LogP contribution in [0.3, 0.4) is 0 Å². The molecule has 0 aromatic carbocycles. The van der Waals surface area contributed by atoms with E-state index in [9.17, 15) is 20.0 Å². The molecule has 1 heterocycles. The van der Waals surface area contributed by atoms with Gasteiger partial charge in [0.1, 0.15) is 12.1 Å². The van der Waals surface area contributed by atoms with Gasteiger partial charge in [-0.15, -0.1) is 0 Å². The van der Waals surface area contributed by atoms with Crippen molar-refractivity contribution in [1.29, 1.82) is 0 Å². The zero-order chi connectivity index (χ0) is 14.0. The number of nitrogens with zero attached hydrogens (tertiary/aromatic N) is 2. The summed E-state index contributed by atoms with van der Waals surface area (Å²) < 4.78 is 0. The first-order chi connectivity index (χ1) is 8.25. The normalized spacial score (nSPS) is 25.6. The fourth-order valence-corrected chi connectivity index (χ4v) is 2.10. The third-order valence-electron chi connectivity index (χ3n) is 2.98. The van der Waals surface area contributed by atoms with Gasteiger partial charge in [0.25, 0.3) is 5.91 Å². The maximum absolute atomic E-state index is 11.9. The van der Waals surface area contributed by atoms with Crippen LogP contribution in [0.5, 0.6) is 0 Å². The van der Waals surface area contributed by atoms with Crippen molar-refractivity contribution in [2.45, 2.75) is 52.6 Å². The van der Waals surface area contributed by atoms with Gasteiger partial charge < -0.3 is 10.3 Å². The lowest BCUT2D eigenvalue weighted by Gasteiger charge is -2.46. The van der Waals surface area contributed by atoms with Gasteiger partial charge in [-0.25, -0.2) is 5.06 Å². The van der Waals surface area contributed by atoms with Crippen molar-refractivity contribution < 1.29 is 14.8 Å². The highest BCUT2D eigenvalue weighted by Crippen LogP contribution is 2.24.